The smallest absolute Gasteiger partial charge is 0.134 e. The first-order valence-corrected chi connectivity index (χ1v) is 6.58. The minimum Gasteiger partial charge on any atom is -0.366 e. The molecule has 3 aliphatic heterocycles. The summed E-state index contributed by atoms with van der Waals surface area (Å²) in [5.41, 5.74) is 0. The number of anilines is 1. The first kappa shape index (κ1) is 11.2. The summed E-state index contributed by atoms with van der Waals surface area (Å²) in [7, 11) is 0. The molecule has 0 aromatic carbocycles. The van der Waals surface area contributed by atoms with Crippen molar-refractivity contribution >= 4 is 17.4 Å². The molecule has 3 saturated heterocycles. The largest absolute Gasteiger partial charge is 0.366 e. The van der Waals surface area contributed by atoms with E-state index in [1.165, 1.54) is 25.9 Å². The fraction of sp³-hybridized carbons (Fsp3) is 0.667. The highest BCUT2D eigenvalue weighted by Crippen LogP contribution is 2.29. The van der Waals surface area contributed by atoms with Crippen LogP contribution in [0.2, 0.25) is 5.15 Å². The van der Waals surface area contributed by atoms with E-state index in [4.69, 9.17) is 11.6 Å². The van der Waals surface area contributed by atoms with E-state index in [1.54, 1.807) is 0 Å². The highest BCUT2D eigenvalue weighted by molar-refractivity contribution is 6.29. The number of piperidine rings is 3. The fourth-order valence-corrected chi connectivity index (χ4v) is 3.15. The van der Waals surface area contributed by atoms with Gasteiger partial charge >= 0.3 is 0 Å². The van der Waals surface area contributed by atoms with Crippen LogP contribution in [0.4, 0.5) is 5.82 Å². The Labute approximate surface area is 106 Å². The number of fused-ring (bicyclic) bond motifs is 3. The summed E-state index contributed by atoms with van der Waals surface area (Å²) in [6, 6.07) is 2.33. The predicted octanol–water partition coefficient (Wildman–Crippen LogP) is 1.94. The van der Waals surface area contributed by atoms with Gasteiger partial charge in [-0.1, -0.05) is 11.6 Å². The van der Waals surface area contributed by atoms with E-state index < -0.39 is 0 Å². The van der Waals surface area contributed by atoms with Gasteiger partial charge in [0.05, 0.1) is 0 Å². The lowest BCUT2D eigenvalue weighted by molar-refractivity contribution is 0.0974. The van der Waals surface area contributed by atoms with E-state index in [2.05, 4.69) is 20.2 Å². The van der Waals surface area contributed by atoms with Gasteiger partial charge in [0.1, 0.15) is 16.8 Å². The number of aryl methyl sites for hydroxylation is 1. The monoisotopic (exact) mass is 252 g/mol. The lowest BCUT2D eigenvalue weighted by Gasteiger charge is -2.45. The molecular weight excluding hydrogens is 236 g/mol. The number of halogens is 1. The van der Waals surface area contributed by atoms with Crippen LogP contribution < -0.4 is 5.32 Å². The average molecular weight is 253 g/mol. The van der Waals surface area contributed by atoms with Gasteiger partial charge in [0.2, 0.25) is 0 Å². The molecule has 1 aromatic rings. The zero-order valence-corrected chi connectivity index (χ0v) is 10.7. The van der Waals surface area contributed by atoms with E-state index in [0.29, 0.717) is 11.2 Å². The van der Waals surface area contributed by atoms with Crippen molar-refractivity contribution in [3.63, 3.8) is 0 Å². The first-order chi connectivity index (χ1) is 8.20. The summed E-state index contributed by atoms with van der Waals surface area (Å²) >= 11 is 5.95. The van der Waals surface area contributed by atoms with Gasteiger partial charge in [0.25, 0.3) is 0 Å². The fourth-order valence-electron chi connectivity index (χ4n) is 2.92. The third kappa shape index (κ3) is 2.38. The molecule has 4 heterocycles. The predicted molar refractivity (Wildman–Crippen MR) is 68.4 cm³/mol. The van der Waals surface area contributed by atoms with Crippen LogP contribution in [0.5, 0.6) is 0 Å². The van der Waals surface area contributed by atoms with Gasteiger partial charge in [-0.25, -0.2) is 9.97 Å². The summed E-state index contributed by atoms with van der Waals surface area (Å²) in [4.78, 5) is 11.0. The zero-order chi connectivity index (χ0) is 11.8. The van der Waals surface area contributed by atoms with Crippen molar-refractivity contribution in [2.75, 3.05) is 25.0 Å². The molecule has 1 atom stereocenters. The van der Waals surface area contributed by atoms with Gasteiger partial charge in [0, 0.05) is 18.7 Å². The molecule has 5 heteroatoms. The lowest BCUT2D eigenvalue weighted by Crippen LogP contribution is -2.53. The second-order valence-electron chi connectivity index (χ2n) is 5.01. The number of hydrogen-bond acceptors (Lipinski definition) is 4. The molecule has 0 amide bonds. The number of aromatic nitrogens is 2. The molecule has 1 N–H and O–H groups in total. The minimum absolute atomic E-state index is 0.515. The Morgan fingerprint density at radius 3 is 2.71 bits per heavy atom. The number of nitrogens with zero attached hydrogens (tertiary/aromatic N) is 3. The van der Waals surface area contributed by atoms with Crippen LogP contribution in [0.1, 0.15) is 18.7 Å². The standard InChI is InChI=1S/C12H17ClN4/c1-8-14-11(13)6-12(15-8)16-10-7-17-4-2-9(10)3-5-17/h6,9-10H,2-5,7H2,1H3,(H,14,15,16). The molecule has 17 heavy (non-hydrogen) atoms. The van der Waals surface area contributed by atoms with Gasteiger partial charge in [-0.3, -0.25) is 0 Å². The zero-order valence-electron chi connectivity index (χ0n) is 9.99. The Kier molecular flexibility index (Phi) is 2.92. The number of rotatable bonds is 2. The van der Waals surface area contributed by atoms with Crippen LogP contribution in [0.3, 0.4) is 0 Å². The van der Waals surface area contributed by atoms with E-state index >= 15 is 0 Å². The van der Waals surface area contributed by atoms with E-state index in [0.717, 1.165) is 24.1 Å². The first-order valence-electron chi connectivity index (χ1n) is 6.21. The van der Waals surface area contributed by atoms with Gasteiger partial charge in [-0.2, -0.15) is 0 Å². The van der Waals surface area contributed by atoms with Crippen molar-refractivity contribution in [2.45, 2.75) is 25.8 Å². The topological polar surface area (TPSA) is 41.1 Å². The molecule has 0 saturated carbocycles. The van der Waals surface area contributed by atoms with E-state index in [-0.39, 0.29) is 0 Å². The maximum Gasteiger partial charge on any atom is 0.134 e. The summed E-state index contributed by atoms with van der Waals surface area (Å²) in [6.07, 6.45) is 2.60. The highest BCUT2D eigenvalue weighted by Gasteiger charge is 2.34. The van der Waals surface area contributed by atoms with Crippen LogP contribution in [0.25, 0.3) is 0 Å². The van der Waals surface area contributed by atoms with Crippen LogP contribution in [0.15, 0.2) is 6.07 Å². The molecule has 0 aliphatic carbocycles. The van der Waals surface area contributed by atoms with Crippen molar-refractivity contribution in [3.8, 4) is 0 Å². The average Bonchev–Trinajstić information content (AvgIpc) is 2.29. The van der Waals surface area contributed by atoms with Crippen molar-refractivity contribution in [1.82, 2.24) is 14.9 Å². The quantitative estimate of drug-likeness (QED) is 0.817. The summed E-state index contributed by atoms with van der Waals surface area (Å²) in [5, 5.41) is 4.03. The summed E-state index contributed by atoms with van der Waals surface area (Å²) in [5.74, 6) is 2.37. The van der Waals surface area contributed by atoms with Gasteiger partial charge < -0.3 is 10.2 Å². The SMILES string of the molecule is Cc1nc(Cl)cc(NC2CN3CCC2CC3)n1. The molecule has 1 unspecified atom stereocenters. The molecule has 92 valence electrons. The van der Waals surface area contributed by atoms with Crippen LogP contribution in [-0.4, -0.2) is 40.5 Å². The van der Waals surface area contributed by atoms with Gasteiger partial charge in [-0.05, 0) is 38.8 Å². The van der Waals surface area contributed by atoms with E-state index in [9.17, 15) is 0 Å². The third-order valence-corrected chi connectivity index (χ3v) is 3.99. The Morgan fingerprint density at radius 2 is 2.12 bits per heavy atom. The van der Waals surface area contributed by atoms with Crippen molar-refractivity contribution < 1.29 is 0 Å². The number of hydrogen-bond donors (Lipinski definition) is 1. The molecule has 4 nitrogen and oxygen atoms in total. The minimum atomic E-state index is 0.515. The maximum atomic E-state index is 5.95. The summed E-state index contributed by atoms with van der Waals surface area (Å²) in [6.45, 7) is 5.51. The molecule has 3 aliphatic rings. The Hall–Kier alpha value is -0.870. The van der Waals surface area contributed by atoms with Crippen molar-refractivity contribution in [2.24, 2.45) is 5.92 Å². The van der Waals surface area contributed by atoms with Crippen molar-refractivity contribution in [3.05, 3.63) is 17.0 Å². The van der Waals surface area contributed by atoms with Gasteiger partial charge in [0.15, 0.2) is 0 Å². The molecule has 4 rings (SSSR count). The molecule has 3 fully saturated rings. The molecule has 0 spiro atoms. The molecule has 2 bridgehead atoms. The Balaban J connectivity index is 1.74. The van der Waals surface area contributed by atoms with E-state index in [1.807, 2.05) is 13.0 Å². The third-order valence-electron chi connectivity index (χ3n) is 3.80. The summed E-state index contributed by atoms with van der Waals surface area (Å²) < 4.78 is 0. The van der Waals surface area contributed by atoms with Gasteiger partial charge in [-0.15, -0.1) is 0 Å². The van der Waals surface area contributed by atoms with Crippen LogP contribution in [0, 0.1) is 12.8 Å². The second kappa shape index (κ2) is 4.42. The second-order valence-corrected chi connectivity index (χ2v) is 5.40. The van der Waals surface area contributed by atoms with Crippen molar-refractivity contribution in [1.29, 1.82) is 0 Å². The number of nitrogens with one attached hydrogen (secondary N) is 1. The Bertz CT molecular complexity index is 395. The van der Waals surface area contributed by atoms with Crippen LogP contribution >= 0.6 is 11.6 Å². The normalized spacial score (nSPS) is 31.5. The molecule has 1 aromatic heterocycles. The lowest BCUT2D eigenvalue weighted by atomic mass is 9.84. The highest BCUT2D eigenvalue weighted by atomic mass is 35.5. The molecular formula is C12H17ClN4. The maximum absolute atomic E-state index is 5.95. The molecule has 0 radical (unpaired) electrons. The Morgan fingerprint density at radius 1 is 1.35 bits per heavy atom. The van der Waals surface area contributed by atoms with Crippen LogP contribution in [-0.2, 0) is 0 Å².